The van der Waals surface area contributed by atoms with Crippen molar-refractivity contribution in [2.75, 3.05) is 84.4 Å². The quantitative estimate of drug-likeness (QED) is 0.145. The van der Waals surface area contributed by atoms with Crippen molar-refractivity contribution in [1.82, 2.24) is 20.1 Å². The topological polar surface area (TPSA) is 158 Å². The highest BCUT2D eigenvalue weighted by atomic mass is 16.6. The molecule has 2 aliphatic heterocycles. The van der Waals surface area contributed by atoms with Gasteiger partial charge in [0.15, 0.2) is 0 Å². The van der Waals surface area contributed by atoms with Gasteiger partial charge >= 0.3 is 18.2 Å². The van der Waals surface area contributed by atoms with Crippen molar-refractivity contribution in [3.8, 4) is 0 Å². The molecule has 2 aliphatic rings. The van der Waals surface area contributed by atoms with E-state index in [0.29, 0.717) is 90.3 Å². The number of esters is 1. The number of amides is 3. The Balaban J connectivity index is 1.51. The van der Waals surface area contributed by atoms with Crippen molar-refractivity contribution in [2.24, 2.45) is 0 Å². The molecule has 1 aromatic heterocycles. The number of rotatable bonds is 17. The van der Waals surface area contributed by atoms with Gasteiger partial charge in [-0.3, -0.25) is 19.4 Å². The van der Waals surface area contributed by atoms with Crippen molar-refractivity contribution >= 4 is 29.9 Å². The standard InChI is InChI=1S/C34H55N5O10/c1-33(2,3)48-31(42)35-13-17-45-19-21-47-22-20-46-18-16-37(27-12-15-38(30(27)41)24-28(40)44-7)23-26-11-10-25-9-8-14-39(29(25)36-26)32(43)49-34(4,5)6/h10-11,27H,8-9,12-24H2,1-7H3,(H,35,42)/t27-/m0/s1. The van der Waals surface area contributed by atoms with Gasteiger partial charge in [0.2, 0.25) is 5.91 Å². The Morgan fingerprint density at radius 3 is 2.22 bits per heavy atom. The van der Waals surface area contributed by atoms with Crippen LogP contribution in [0.3, 0.4) is 0 Å². The monoisotopic (exact) mass is 693 g/mol. The third-order valence-electron chi connectivity index (χ3n) is 7.52. The van der Waals surface area contributed by atoms with Gasteiger partial charge < -0.3 is 38.6 Å². The minimum atomic E-state index is -0.636. The Labute approximate surface area is 289 Å². The van der Waals surface area contributed by atoms with Crippen molar-refractivity contribution in [2.45, 2.75) is 84.6 Å². The first kappa shape index (κ1) is 39.9. The molecule has 3 amide bonds. The van der Waals surface area contributed by atoms with Crippen LogP contribution in [0, 0.1) is 0 Å². The fourth-order valence-corrected chi connectivity index (χ4v) is 5.32. The zero-order chi connectivity index (χ0) is 36.0. The van der Waals surface area contributed by atoms with Crippen LogP contribution in [0.2, 0.25) is 0 Å². The second-order valence-corrected chi connectivity index (χ2v) is 13.9. The van der Waals surface area contributed by atoms with Crippen LogP contribution in [-0.2, 0) is 51.0 Å². The number of hydrogen-bond acceptors (Lipinski definition) is 12. The van der Waals surface area contributed by atoms with E-state index in [1.165, 1.54) is 12.0 Å². The number of nitrogens with one attached hydrogen (secondary N) is 1. The number of aromatic nitrogens is 1. The van der Waals surface area contributed by atoms with Gasteiger partial charge in [-0.25, -0.2) is 14.6 Å². The Morgan fingerprint density at radius 2 is 1.57 bits per heavy atom. The molecule has 1 fully saturated rings. The van der Waals surface area contributed by atoms with Crippen LogP contribution in [0.15, 0.2) is 12.1 Å². The smallest absolute Gasteiger partial charge is 0.416 e. The summed E-state index contributed by atoms with van der Waals surface area (Å²) in [5.74, 6) is -0.0339. The molecular weight excluding hydrogens is 638 g/mol. The molecule has 1 N–H and O–H groups in total. The highest BCUT2D eigenvalue weighted by Gasteiger charge is 2.37. The number of pyridine rings is 1. The number of carbonyl (C=O) groups is 4. The predicted molar refractivity (Wildman–Crippen MR) is 180 cm³/mol. The Morgan fingerprint density at radius 1 is 0.918 bits per heavy atom. The molecule has 49 heavy (non-hydrogen) atoms. The van der Waals surface area contributed by atoms with Gasteiger partial charge in [-0.15, -0.1) is 0 Å². The molecule has 15 nitrogen and oxygen atoms in total. The molecule has 276 valence electrons. The number of likely N-dealkylation sites (tertiary alicyclic amines) is 1. The lowest BCUT2D eigenvalue weighted by Gasteiger charge is -2.32. The van der Waals surface area contributed by atoms with Gasteiger partial charge in [-0.2, -0.15) is 0 Å². The van der Waals surface area contributed by atoms with Crippen LogP contribution in [0.5, 0.6) is 0 Å². The fraction of sp³-hybridized carbons (Fsp3) is 0.735. The maximum atomic E-state index is 13.4. The van der Waals surface area contributed by atoms with Gasteiger partial charge in [-0.05, 0) is 72.4 Å². The van der Waals surface area contributed by atoms with E-state index in [2.05, 4.69) is 5.32 Å². The van der Waals surface area contributed by atoms with Crippen LogP contribution >= 0.6 is 0 Å². The molecule has 0 unspecified atom stereocenters. The molecule has 3 heterocycles. The molecule has 3 rings (SSSR count). The van der Waals surface area contributed by atoms with Gasteiger partial charge in [-0.1, -0.05) is 6.07 Å². The number of nitrogens with zero attached hydrogens (tertiary/aromatic N) is 4. The largest absolute Gasteiger partial charge is 0.468 e. The van der Waals surface area contributed by atoms with Crippen molar-refractivity contribution < 1.29 is 47.6 Å². The Hall–Kier alpha value is -3.53. The van der Waals surface area contributed by atoms with E-state index in [1.54, 1.807) is 25.7 Å². The van der Waals surface area contributed by atoms with Crippen LogP contribution in [-0.4, -0.2) is 136 Å². The summed E-state index contributed by atoms with van der Waals surface area (Å²) in [6, 6.07) is 3.45. The van der Waals surface area contributed by atoms with Gasteiger partial charge in [0.25, 0.3) is 0 Å². The van der Waals surface area contributed by atoms with Crippen LogP contribution in [0.1, 0.15) is 65.6 Å². The van der Waals surface area contributed by atoms with Crippen molar-refractivity contribution in [1.29, 1.82) is 0 Å². The number of alkyl carbamates (subject to hydrolysis) is 1. The average Bonchev–Trinajstić information content (AvgIpc) is 3.37. The maximum Gasteiger partial charge on any atom is 0.416 e. The van der Waals surface area contributed by atoms with Crippen LogP contribution < -0.4 is 10.2 Å². The number of ether oxygens (including phenoxy) is 6. The number of hydrogen-bond donors (Lipinski definition) is 1. The van der Waals surface area contributed by atoms with Gasteiger partial charge in [0, 0.05) is 32.7 Å². The molecule has 0 aromatic carbocycles. The molecular formula is C34H55N5O10. The maximum absolute atomic E-state index is 13.4. The lowest BCUT2D eigenvalue weighted by atomic mass is 10.1. The first-order chi connectivity index (χ1) is 23.2. The summed E-state index contributed by atoms with van der Waals surface area (Å²) in [5, 5.41) is 2.63. The van der Waals surface area contributed by atoms with E-state index in [1.807, 2.05) is 37.8 Å². The predicted octanol–water partition coefficient (Wildman–Crippen LogP) is 2.92. The van der Waals surface area contributed by atoms with Crippen molar-refractivity contribution in [3.05, 3.63) is 23.4 Å². The molecule has 15 heteroatoms. The normalized spacial score (nSPS) is 16.5. The van der Waals surface area contributed by atoms with Gasteiger partial charge in [0.05, 0.1) is 58.5 Å². The molecule has 0 saturated carbocycles. The molecule has 1 aromatic rings. The van der Waals surface area contributed by atoms with Crippen LogP contribution in [0.4, 0.5) is 15.4 Å². The summed E-state index contributed by atoms with van der Waals surface area (Å²) in [4.78, 5) is 59.9. The second-order valence-electron chi connectivity index (χ2n) is 13.9. The minimum absolute atomic E-state index is 0.0978. The summed E-state index contributed by atoms with van der Waals surface area (Å²) in [7, 11) is 1.30. The summed E-state index contributed by atoms with van der Waals surface area (Å²) < 4.78 is 32.5. The summed E-state index contributed by atoms with van der Waals surface area (Å²) >= 11 is 0. The van der Waals surface area contributed by atoms with E-state index in [4.69, 9.17) is 33.4 Å². The fourth-order valence-electron chi connectivity index (χ4n) is 5.32. The Bertz CT molecular complexity index is 1250. The highest BCUT2D eigenvalue weighted by molar-refractivity contribution is 5.88. The SMILES string of the molecule is COC(=O)CN1CC[C@H](N(CCOCCOCCOCCNC(=O)OC(C)(C)C)Cc2ccc3c(n2)N(C(=O)OC(C)(C)C)CCC3)C1=O. The Kier molecular flexibility index (Phi) is 15.5. The van der Waals surface area contributed by atoms with E-state index < -0.39 is 35.4 Å². The number of methoxy groups -OCH3 is 1. The number of aryl methyl sites for hydroxylation is 1. The summed E-state index contributed by atoms with van der Waals surface area (Å²) in [6.07, 6.45) is 1.25. The van der Waals surface area contributed by atoms with E-state index >= 15 is 0 Å². The molecule has 1 atom stereocenters. The summed E-state index contributed by atoms with van der Waals surface area (Å²) in [6.45, 7) is 15.0. The molecule has 0 spiro atoms. The third-order valence-corrected chi connectivity index (χ3v) is 7.52. The van der Waals surface area contributed by atoms with E-state index in [9.17, 15) is 19.2 Å². The van der Waals surface area contributed by atoms with Crippen LogP contribution in [0.25, 0.3) is 0 Å². The van der Waals surface area contributed by atoms with E-state index in [-0.39, 0.29) is 12.5 Å². The van der Waals surface area contributed by atoms with Gasteiger partial charge in [0.1, 0.15) is 23.6 Å². The summed E-state index contributed by atoms with van der Waals surface area (Å²) in [5.41, 5.74) is 0.493. The van der Waals surface area contributed by atoms with Crippen molar-refractivity contribution in [3.63, 3.8) is 0 Å². The molecule has 0 bridgehead atoms. The second kappa shape index (κ2) is 19.0. The molecule has 0 radical (unpaired) electrons. The number of carbonyl (C=O) groups excluding carboxylic acids is 4. The number of fused-ring (bicyclic) bond motifs is 1. The number of anilines is 1. The lowest BCUT2D eigenvalue weighted by molar-refractivity contribution is -0.146. The average molecular weight is 694 g/mol. The minimum Gasteiger partial charge on any atom is -0.468 e. The zero-order valence-electron chi connectivity index (χ0n) is 30.2. The van der Waals surface area contributed by atoms with E-state index in [0.717, 1.165) is 18.4 Å². The zero-order valence-corrected chi connectivity index (χ0v) is 30.2. The highest BCUT2D eigenvalue weighted by Crippen LogP contribution is 2.28. The lowest BCUT2D eigenvalue weighted by Crippen LogP contribution is -2.44. The first-order valence-corrected chi connectivity index (χ1v) is 17.0. The first-order valence-electron chi connectivity index (χ1n) is 17.0. The molecule has 0 aliphatic carbocycles. The third kappa shape index (κ3) is 14.1. The molecule has 1 saturated heterocycles.